The Kier molecular flexibility index (Phi) is 5.49. The third-order valence-electron chi connectivity index (χ3n) is 2.77. The molecule has 106 valence electrons. The molecule has 1 aromatic heterocycles. The molecule has 6 heteroatoms. The highest BCUT2D eigenvalue weighted by Gasteiger charge is 2.13. The lowest BCUT2D eigenvalue weighted by molar-refractivity contribution is 0.273. The molecule has 2 aromatic rings. The van der Waals surface area contributed by atoms with E-state index in [0.717, 1.165) is 5.56 Å². The number of aromatic nitrogens is 1. The van der Waals surface area contributed by atoms with Crippen LogP contribution < -0.4 is 5.32 Å². The van der Waals surface area contributed by atoms with E-state index < -0.39 is 0 Å². The van der Waals surface area contributed by atoms with Gasteiger partial charge in [0.25, 0.3) is 0 Å². The minimum atomic E-state index is -0.209. The largest absolute Gasteiger partial charge is 0.394 e. The fraction of sp³-hybridized carbons (Fsp3) is 0.214. The van der Waals surface area contributed by atoms with E-state index in [2.05, 4.69) is 10.3 Å². The lowest BCUT2D eigenvalue weighted by atomic mass is 10.1. The summed E-state index contributed by atoms with van der Waals surface area (Å²) in [5.74, 6) is 0.413. The molecule has 1 aromatic carbocycles. The number of hydrogen-bond donors (Lipinski definition) is 2. The van der Waals surface area contributed by atoms with E-state index in [1.165, 1.54) is 6.07 Å². The van der Waals surface area contributed by atoms with E-state index in [1.54, 1.807) is 0 Å². The van der Waals surface area contributed by atoms with Crippen LogP contribution in [0.25, 0.3) is 0 Å². The Hall–Kier alpha value is -1.000. The molecule has 0 aliphatic carbocycles. The number of nitrogens with zero attached hydrogens (tertiary/aromatic N) is 1. The summed E-state index contributed by atoms with van der Waals surface area (Å²) in [5, 5.41) is 13.4. The number of halogens is 3. The highest BCUT2D eigenvalue weighted by Crippen LogP contribution is 2.29. The van der Waals surface area contributed by atoms with E-state index in [-0.39, 0.29) is 17.8 Å². The van der Waals surface area contributed by atoms with Crippen LogP contribution in [0, 0.1) is 0 Å². The first kappa shape index (κ1) is 15.4. The number of aliphatic hydroxyl groups is 1. The molecule has 1 heterocycles. The molecule has 0 fully saturated rings. The monoisotopic (exact) mass is 330 g/mol. The lowest BCUT2D eigenvalue weighted by Gasteiger charge is -2.18. The van der Waals surface area contributed by atoms with Crippen LogP contribution in [0.2, 0.25) is 15.2 Å². The standard InChI is InChI=1S/C14H13Cl3N2O/c15-11-7-12(16)14(19-13(11)17)18-10(8-20)6-9-4-2-1-3-5-9/h1-5,7,10,20H,6,8H2,(H,18,19). The summed E-state index contributed by atoms with van der Waals surface area (Å²) >= 11 is 17.8. The van der Waals surface area contributed by atoms with Crippen LogP contribution in [-0.4, -0.2) is 22.7 Å². The fourth-order valence-corrected chi connectivity index (χ4v) is 2.35. The van der Waals surface area contributed by atoms with Gasteiger partial charge in [-0.05, 0) is 18.1 Å². The van der Waals surface area contributed by atoms with Gasteiger partial charge in [-0.25, -0.2) is 4.98 Å². The number of nitrogens with one attached hydrogen (secondary N) is 1. The first-order valence-corrected chi connectivity index (χ1v) is 7.16. The Morgan fingerprint density at radius 2 is 1.80 bits per heavy atom. The van der Waals surface area contributed by atoms with Crippen molar-refractivity contribution in [1.29, 1.82) is 0 Å². The second-order valence-corrected chi connectivity index (χ2v) is 5.48. The van der Waals surface area contributed by atoms with E-state index in [0.29, 0.717) is 22.3 Å². The molecule has 1 atom stereocenters. The van der Waals surface area contributed by atoms with Gasteiger partial charge in [0.15, 0.2) is 0 Å². The molecule has 0 aliphatic rings. The van der Waals surface area contributed by atoms with Gasteiger partial charge < -0.3 is 10.4 Å². The van der Waals surface area contributed by atoms with Crippen LogP contribution in [0.5, 0.6) is 0 Å². The number of aliphatic hydroxyl groups excluding tert-OH is 1. The maximum absolute atomic E-state index is 9.47. The summed E-state index contributed by atoms with van der Waals surface area (Å²) < 4.78 is 0. The molecule has 0 amide bonds. The van der Waals surface area contributed by atoms with Crippen LogP contribution in [0.4, 0.5) is 5.82 Å². The van der Waals surface area contributed by atoms with E-state index in [4.69, 9.17) is 34.8 Å². The fourth-order valence-electron chi connectivity index (χ4n) is 1.80. The Labute approximate surface area is 132 Å². The highest BCUT2D eigenvalue weighted by molar-refractivity contribution is 6.42. The molecule has 0 radical (unpaired) electrons. The molecule has 2 N–H and O–H groups in total. The predicted octanol–water partition coefficient (Wildman–Crippen LogP) is 4.06. The highest BCUT2D eigenvalue weighted by atomic mass is 35.5. The Bertz CT molecular complexity index is 578. The zero-order chi connectivity index (χ0) is 14.5. The predicted molar refractivity (Wildman–Crippen MR) is 83.9 cm³/mol. The molecule has 0 bridgehead atoms. The first-order chi connectivity index (χ1) is 9.60. The zero-order valence-electron chi connectivity index (χ0n) is 10.5. The lowest BCUT2D eigenvalue weighted by Crippen LogP contribution is -2.27. The average molecular weight is 332 g/mol. The van der Waals surface area contributed by atoms with Gasteiger partial charge in [0.2, 0.25) is 0 Å². The van der Waals surface area contributed by atoms with Gasteiger partial charge in [-0.2, -0.15) is 0 Å². The van der Waals surface area contributed by atoms with Crippen molar-refractivity contribution in [3.8, 4) is 0 Å². The number of anilines is 1. The van der Waals surface area contributed by atoms with Crippen molar-refractivity contribution in [2.75, 3.05) is 11.9 Å². The maximum Gasteiger partial charge on any atom is 0.150 e. The van der Waals surface area contributed by atoms with Crippen LogP contribution in [0.3, 0.4) is 0 Å². The van der Waals surface area contributed by atoms with Gasteiger partial charge >= 0.3 is 0 Å². The minimum absolute atomic E-state index is 0.0485. The topological polar surface area (TPSA) is 45.1 Å². The smallest absolute Gasteiger partial charge is 0.150 e. The number of pyridine rings is 1. The molecule has 3 nitrogen and oxygen atoms in total. The summed E-state index contributed by atoms with van der Waals surface area (Å²) in [4.78, 5) is 4.08. The van der Waals surface area contributed by atoms with E-state index in [1.807, 2.05) is 30.3 Å². The van der Waals surface area contributed by atoms with Crippen molar-refractivity contribution < 1.29 is 5.11 Å². The molecular weight excluding hydrogens is 319 g/mol. The van der Waals surface area contributed by atoms with Gasteiger partial charge in [0, 0.05) is 0 Å². The average Bonchev–Trinajstić information content (AvgIpc) is 2.45. The van der Waals surface area contributed by atoms with Gasteiger partial charge in [-0.15, -0.1) is 0 Å². The van der Waals surface area contributed by atoms with Crippen LogP contribution in [0.1, 0.15) is 5.56 Å². The first-order valence-electron chi connectivity index (χ1n) is 6.03. The second kappa shape index (κ2) is 7.14. The van der Waals surface area contributed by atoms with Gasteiger partial charge in [-0.1, -0.05) is 65.1 Å². The Balaban J connectivity index is 2.12. The Morgan fingerprint density at radius 3 is 2.45 bits per heavy atom. The quantitative estimate of drug-likeness (QED) is 0.812. The molecule has 2 rings (SSSR count). The summed E-state index contributed by atoms with van der Waals surface area (Å²) in [5.41, 5.74) is 1.11. The molecule has 0 saturated heterocycles. The normalized spacial score (nSPS) is 12.2. The van der Waals surface area contributed by atoms with Gasteiger partial charge in [0.05, 0.1) is 22.7 Å². The SMILES string of the molecule is OCC(Cc1ccccc1)Nc1nc(Cl)c(Cl)cc1Cl. The summed E-state index contributed by atoms with van der Waals surface area (Å²) in [6.45, 7) is -0.0485. The molecule has 0 aliphatic heterocycles. The molecule has 0 saturated carbocycles. The van der Waals surface area contributed by atoms with Crippen molar-refractivity contribution in [3.05, 3.63) is 57.2 Å². The molecule has 1 unspecified atom stereocenters. The van der Waals surface area contributed by atoms with Crippen molar-refractivity contribution in [2.24, 2.45) is 0 Å². The van der Waals surface area contributed by atoms with Crippen molar-refractivity contribution in [3.63, 3.8) is 0 Å². The van der Waals surface area contributed by atoms with E-state index >= 15 is 0 Å². The third kappa shape index (κ3) is 4.00. The number of hydrogen-bond acceptors (Lipinski definition) is 3. The summed E-state index contributed by atoms with van der Waals surface area (Å²) in [6, 6.07) is 11.2. The third-order valence-corrected chi connectivity index (χ3v) is 3.73. The van der Waals surface area contributed by atoms with Crippen LogP contribution >= 0.6 is 34.8 Å². The minimum Gasteiger partial charge on any atom is -0.394 e. The molecular formula is C14H13Cl3N2O. The number of rotatable bonds is 5. The molecule has 20 heavy (non-hydrogen) atoms. The maximum atomic E-state index is 9.47. The van der Waals surface area contributed by atoms with Crippen molar-refractivity contribution in [2.45, 2.75) is 12.5 Å². The van der Waals surface area contributed by atoms with Gasteiger partial charge in [-0.3, -0.25) is 0 Å². The van der Waals surface area contributed by atoms with Crippen molar-refractivity contribution in [1.82, 2.24) is 4.98 Å². The second-order valence-electron chi connectivity index (χ2n) is 4.30. The van der Waals surface area contributed by atoms with Crippen molar-refractivity contribution >= 4 is 40.6 Å². The van der Waals surface area contributed by atoms with Crippen LogP contribution in [0.15, 0.2) is 36.4 Å². The zero-order valence-corrected chi connectivity index (χ0v) is 12.8. The summed E-state index contributed by atoms with van der Waals surface area (Å²) in [7, 11) is 0. The van der Waals surface area contributed by atoms with E-state index in [9.17, 15) is 5.11 Å². The van der Waals surface area contributed by atoms with Crippen LogP contribution in [-0.2, 0) is 6.42 Å². The number of benzene rings is 1. The summed E-state index contributed by atoms with van der Waals surface area (Å²) in [6.07, 6.45) is 0.648. The molecule has 0 spiro atoms. The Morgan fingerprint density at radius 1 is 1.10 bits per heavy atom. The van der Waals surface area contributed by atoms with Gasteiger partial charge in [0.1, 0.15) is 11.0 Å².